The zero-order chi connectivity index (χ0) is 12.0. The highest BCUT2D eigenvalue weighted by Gasteiger charge is 2.03. The Morgan fingerprint density at radius 1 is 1.38 bits per heavy atom. The molecule has 0 spiro atoms. The number of nitrogens with one attached hydrogen (secondary N) is 1. The molecule has 0 fully saturated rings. The van der Waals surface area contributed by atoms with Crippen LogP contribution in [0.15, 0.2) is 29.2 Å². The Kier molecular flexibility index (Phi) is 5.71. The highest BCUT2D eigenvalue weighted by molar-refractivity contribution is 7.85. The molecule has 0 saturated heterocycles. The quantitative estimate of drug-likeness (QED) is 0.773. The summed E-state index contributed by atoms with van der Waals surface area (Å²) in [5, 5.41) is 3.33. The van der Waals surface area contributed by atoms with Crippen LogP contribution in [-0.2, 0) is 10.8 Å². The third-order valence-electron chi connectivity index (χ3n) is 2.31. The van der Waals surface area contributed by atoms with E-state index < -0.39 is 10.8 Å². The van der Waals surface area contributed by atoms with E-state index in [9.17, 15) is 4.21 Å². The number of benzene rings is 1. The second kappa shape index (κ2) is 6.81. The maximum Gasteiger partial charge on any atom is 0.0530 e. The second-order valence-electron chi connectivity index (χ2n) is 4.33. The van der Waals surface area contributed by atoms with Gasteiger partial charge in [0.25, 0.3) is 0 Å². The predicted octanol–water partition coefficient (Wildman–Crippen LogP) is 2.49. The Hall–Kier alpha value is -0.670. The van der Waals surface area contributed by atoms with Crippen LogP contribution in [0.1, 0.15) is 25.8 Å². The summed E-state index contributed by atoms with van der Waals surface area (Å²) in [5.41, 5.74) is 1.17. The van der Waals surface area contributed by atoms with Gasteiger partial charge in [-0.3, -0.25) is 4.21 Å². The Labute approximate surface area is 101 Å². The van der Waals surface area contributed by atoms with Crippen LogP contribution in [0.3, 0.4) is 0 Å². The molecule has 0 aliphatic rings. The zero-order valence-corrected chi connectivity index (χ0v) is 11.1. The summed E-state index contributed by atoms with van der Waals surface area (Å²) in [6.07, 6.45) is 0.957. The molecule has 0 amide bonds. The van der Waals surface area contributed by atoms with E-state index in [2.05, 4.69) is 19.2 Å². The van der Waals surface area contributed by atoms with Gasteiger partial charge in [0, 0.05) is 16.7 Å². The normalized spacial score (nSPS) is 13.0. The van der Waals surface area contributed by atoms with Gasteiger partial charge in [0.1, 0.15) is 0 Å². The van der Waals surface area contributed by atoms with Crippen LogP contribution >= 0.6 is 0 Å². The Bertz CT molecular complexity index is 350. The SMILES string of the molecule is Cc1cccc(S(=O)CCCNC(C)C)c1. The fraction of sp³-hybridized carbons (Fsp3) is 0.538. The van der Waals surface area contributed by atoms with Gasteiger partial charge in [0.15, 0.2) is 0 Å². The maximum absolute atomic E-state index is 11.9. The van der Waals surface area contributed by atoms with Crippen LogP contribution in [0.2, 0.25) is 0 Å². The van der Waals surface area contributed by atoms with E-state index in [1.807, 2.05) is 31.2 Å². The third kappa shape index (κ3) is 4.90. The minimum Gasteiger partial charge on any atom is -0.315 e. The van der Waals surface area contributed by atoms with Crippen LogP contribution in [0.4, 0.5) is 0 Å². The fourth-order valence-corrected chi connectivity index (χ4v) is 2.66. The molecule has 0 heterocycles. The molecule has 90 valence electrons. The molecular weight excluding hydrogens is 218 g/mol. The van der Waals surface area contributed by atoms with Crippen molar-refractivity contribution in [1.29, 1.82) is 0 Å². The highest BCUT2D eigenvalue weighted by atomic mass is 32.2. The minimum absolute atomic E-state index is 0.507. The fourth-order valence-electron chi connectivity index (χ4n) is 1.47. The molecule has 1 aromatic rings. The average molecular weight is 239 g/mol. The van der Waals surface area contributed by atoms with E-state index in [1.54, 1.807) is 0 Å². The molecule has 0 aliphatic heterocycles. The minimum atomic E-state index is -0.848. The number of hydrogen-bond acceptors (Lipinski definition) is 2. The van der Waals surface area contributed by atoms with E-state index in [-0.39, 0.29) is 0 Å². The highest BCUT2D eigenvalue weighted by Crippen LogP contribution is 2.09. The van der Waals surface area contributed by atoms with Crippen LogP contribution in [0.25, 0.3) is 0 Å². The van der Waals surface area contributed by atoms with Crippen LogP contribution in [-0.4, -0.2) is 22.5 Å². The lowest BCUT2D eigenvalue weighted by atomic mass is 10.2. The summed E-state index contributed by atoms with van der Waals surface area (Å²) in [4.78, 5) is 0.949. The molecule has 0 aromatic heterocycles. The van der Waals surface area contributed by atoms with Gasteiger partial charge in [-0.1, -0.05) is 26.0 Å². The molecule has 1 atom stereocenters. The van der Waals surface area contributed by atoms with Crippen LogP contribution in [0, 0.1) is 6.92 Å². The second-order valence-corrected chi connectivity index (χ2v) is 5.90. The summed E-state index contributed by atoms with van der Waals surface area (Å²) in [6, 6.07) is 8.45. The first-order valence-corrected chi connectivity index (χ1v) is 7.10. The van der Waals surface area contributed by atoms with Gasteiger partial charge >= 0.3 is 0 Å². The average Bonchev–Trinajstić information content (AvgIpc) is 2.24. The largest absolute Gasteiger partial charge is 0.315 e. The van der Waals surface area contributed by atoms with Gasteiger partial charge in [0.05, 0.1) is 10.8 Å². The molecule has 1 N–H and O–H groups in total. The monoisotopic (exact) mass is 239 g/mol. The maximum atomic E-state index is 11.9. The Morgan fingerprint density at radius 3 is 2.75 bits per heavy atom. The molecule has 1 unspecified atom stereocenters. The zero-order valence-electron chi connectivity index (χ0n) is 10.3. The van der Waals surface area contributed by atoms with Gasteiger partial charge < -0.3 is 5.32 Å². The smallest absolute Gasteiger partial charge is 0.0530 e. The van der Waals surface area contributed by atoms with Gasteiger partial charge in [0.2, 0.25) is 0 Å². The number of hydrogen-bond donors (Lipinski definition) is 1. The van der Waals surface area contributed by atoms with Crippen molar-refractivity contribution in [3.05, 3.63) is 29.8 Å². The van der Waals surface area contributed by atoms with Crippen molar-refractivity contribution in [3.8, 4) is 0 Å². The van der Waals surface area contributed by atoms with Gasteiger partial charge in [-0.2, -0.15) is 0 Å². The van der Waals surface area contributed by atoms with Gasteiger partial charge in [-0.25, -0.2) is 0 Å². The van der Waals surface area contributed by atoms with Crippen molar-refractivity contribution in [1.82, 2.24) is 5.32 Å². The molecule has 0 aliphatic carbocycles. The van der Waals surface area contributed by atoms with E-state index in [0.29, 0.717) is 6.04 Å². The van der Waals surface area contributed by atoms with Crippen molar-refractivity contribution in [2.45, 2.75) is 38.1 Å². The first-order chi connectivity index (χ1) is 7.59. The lowest BCUT2D eigenvalue weighted by Crippen LogP contribution is -2.24. The Balaban J connectivity index is 2.35. The summed E-state index contributed by atoms with van der Waals surface area (Å²) >= 11 is 0. The standard InChI is InChI=1S/C13H21NOS/c1-11(2)14-8-5-9-16(15)13-7-4-6-12(3)10-13/h4,6-7,10-11,14H,5,8-9H2,1-3H3. The lowest BCUT2D eigenvalue weighted by molar-refractivity contribution is 0.583. The van der Waals surface area contributed by atoms with Crippen molar-refractivity contribution in [3.63, 3.8) is 0 Å². The molecular formula is C13H21NOS. The van der Waals surface area contributed by atoms with Crippen molar-refractivity contribution in [2.24, 2.45) is 0 Å². The number of aryl methyl sites for hydroxylation is 1. The molecule has 3 heteroatoms. The molecule has 2 nitrogen and oxygen atoms in total. The van der Waals surface area contributed by atoms with Crippen molar-refractivity contribution in [2.75, 3.05) is 12.3 Å². The van der Waals surface area contributed by atoms with Crippen molar-refractivity contribution >= 4 is 10.8 Å². The van der Waals surface area contributed by atoms with Gasteiger partial charge in [-0.05, 0) is 37.6 Å². The molecule has 1 rings (SSSR count). The van der Waals surface area contributed by atoms with Crippen LogP contribution in [0.5, 0.6) is 0 Å². The van der Waals surface area contributed by atoms with E-state index in [4.69, 9.17) is 0 Å². The first kappa shape index (κ1) is 13.4. The summed E-state index contributed by atoms with van der Waals surface area (Å²) < 4.78 is 11.9. The first-order valence-electron chi connectivity index (χ1n) is 5.78. The summed E-state index contributed by atoms with van der Waals surface area (Å²) in [6.45, 7) is 7.21. The molecule has 1 aromatic carbocycles. The van der Waals surface area contributed by atoms with Crippen molar-refractivity contribution < 1.29 is 4.21 Å². The van der Waals surface area contributed by atoms with E-state index in [0.717, 1.165) is 23.6 Å². The number of rotatable bonds is 6. The molecule has 0 saturated carbocycles. The van der Waals surface area contributed by atoms with Gasteiger partial charge in [-0.15, -0.1) is 0 Å². The Morgan fingerprint density at radius 2 is 2.12 bits per heavy atom. The van der Waals surface area contributed by atoms with E-state index in [1.165, 1.54) is 5.56 Å². The van der Waals surface area contributed by atoms with Crippen LogP contribution < -0.4 is 5.32 Å². The summed E-state index contributed by atoms with van der Waals surface area (Å²) in [5.74, 6) is 0.739. The molecule has 16 heavy (non-hydrogen) atoms. The molecule has 0 radical (unpaired) electrons. The topological polar surface area (TPSA) is 29.1 Å². The molecule has 0 bridgehead atoms. The predicted molar refractivity (Wildman–Crippen MR) is 70.2 cm³/mol. The van der Waals surface area contributed by atoms with E-state index >= 15 is 0 Å². The lowest BCUT2D eigenvalue weighted by Gasteiger charge is -2.07. The summed E-state index contributed by atoms with van der Waals surface area (Å²) in [7, 11) is -0.848. The third-order valence-corrected chi connectivity index (χ3v) is 3.75.